The van der Waals surface area contributed by atoms with Crippen molar-refractivity contribution in [2.75, 3.05) is 37.7 Å². The van der Waals surface area contributed by atoms with Crippen molar-refractivity contribution in [1.29, 1.82) is 5.26 Å². The summed E-state index contributed by atoms with van der Waals surface area (Å²) >= 11 is 6.41. The van der Waals surface area contributed by atoms with Crippen molar-refractivity contribution in [3.63, 3.8) is 0 Å². The Balaban J connectivity index is 1.27. The molecule has 4 fully saturated rings. The Morgan fingerprint density at radius 3 is 2.75 bits per heavy atom. The van der Waals surface area contributed by atoms with Gasteiger partial charge in [0.05, 0.1) is 33.8 Å². The van der Waals surface area contributed by atoms with Crippen LogP contribution in [-0.4, -0.2) is 77.3 Å². The van der Waals surface area contributed by atoms with Gasteiger partial charge in [-0.3, -0.25) is 9.69 Å². The Morgan fingerprint density at radius 2 is 1.96 bits per heavy atom. The number of carbonyl (C=O) groups excluding carboxylic acids is 1. The van der Waals surface area contributed by atoms with Crippen LogP contribution in [-0.2, 0) is 4.79 Å². The summed E-state index contributed by atoms with van der Waals surface area (Å²) in [6, 6.07) is 12.5. The highest BCUT2D eigenvalue weighted by molar-refractivity contribution is 6.37. The van der Waals surface area contributed by atoms with E-state index in [0.29, 0.717) is 58.9 Å². The quantitative estimate of drug-likeness (QED) is 0.161. The first-order chi connectivity index (χ1) is 23.1. The zero-order valence-electron chi connectivity index (χ0n) is 25.8. The molecule has 48 heavy (non-hydrogen) atoms. The number of anilines is 1. The van der Waals surface area contributed by atoms with Crippen LogP contribution in [0.15, 0.2) is 54.9 Å². The Labute approximate surface area is 278 Å². The van der Waals surface area contributed by atoms with Crippen LogP contribution < -0.4 is 9.64 Å². The predicted molar refractivity (Wildman–Crippen MR) is 174 cm³/mol. The lowest BCUT2D eigenvalue weighted by Gasteiger charge is -2.48. The normalized spacial score (nSPS) is 24.9. The first-order valence-electron chi connectivity index (χ1n) is 16.0. The van der Waals surface area contributed by atoms with E-state index in [1.165, 1.54) is 17.0 Å². The minimum absolute atomic E-state index is 0.0367. The van der Waals surface area contributed by atoms with Crippen LogP contribution in [0.2, 0.25) is 5.02 Å². The summed E-state index contributed by atoms with van der Waals surface area (Å²) in [7, 11) is 0. The average molecular weight is 676 g/mol. The molecule has 3 aromatic carbocycles. The number of fused-ring (bicyclic) bond motifs is 4. The maximum absolute atomic E-state index is 16.3. The molecular weight excluding hydrogens is 646 g/mol. The molecule has 4 aliphatic rings. The number of alkyl halides is 1. The van der Waals surface area contributed by atoms with Crippen LogP contribution in [0.4, 0.5) is 23.2 Å². The molecule has 5 heterocycles. The van der Waals surface area contributed by atoms with Crippen molar-refractivity contribution in [2.45, 2.75) is 49.5 Å². The zero-order valence-corrected chi connectivity index (χ0v) is 26.5. The van der Waals surface area contributed by atoms with Gasteiger partial charge in [-0.05, 0) is 55.0 Å². The smallest absolute Gasteiger partial charge is 0.282 e. The van der Waals surface area contributed by atoms with Gasteiger partial charge in [-0.25, -0.2) is 22.5 Å². The van der Waals surface area contributed by atoms with Crippen molar-refractivity contribution in [1.82, 2.24) is 14.8 Å². The highest BCUT2D eigenvalue weighted by Gasteiger charge is 2.51. The molecule has 0 saturated carbocycles. The summed E-state index contributed by atoms with van der Waals surface area (Å²) in [5.41, 5.74) is 0.805. The van der Waals surface area contributed by atoms with Gasteiger partial charge in [0.2, 0.25) is 5.88 Å². The van der Waals surface area contributed by atoms with Crippen molar-refractivity contribution < 1.29 is 27.1 Å². The van der Waals surface area contributed by atoms with E-state index in [0.717, 1.165) is 19.4 Å². The van der Waals surface area contributed by atoms with Crippen molar-refractivity contribution in [3.8, 4) is 23.1 Å². The molecule has 4 aliphatic heterocycles. The van der Waals surface area contributed by atoms with Crippen molar-refractivity contribution >= 4 is 44.9 Å². The molecule has 7 nitrogen and oxygen atoms in total. The van der Waals surface area contributed by atoms with Gasteiger partial charge in [-0.15, -0.1) is 0 Å². The third kappa shape index (κ3) is 4.64. The summed E-state index contributed by atoms with van der Waals surface area (Å²) in [4.78, 5) is 22.7. The number of nitriles is 1. The van der Waals surface area contributed by atoms with Gasteiger partial charge in [-0.1, -0.05) is 42.4 Å². The second-order valence-electron chi connectivity index (χ2n) is 13.2. The molecule has 0 radical (unpaired) electrons. The SMILES string of the molecule is C=C(F)C(=O)N1CC[C@@H]2[C@H]1CN2c1c(C#N)c(OC[C@@]23CCCN2C[C@H](F)C3)nc2cc(-c3cccc4ccc(F)c(Cl)c34)c(F)cc12. The number of ether oxygens (including phenoxy) is 1. The number of benzene rings is 3. The van der Waals surface area contributed by atoms with E-state index >= 15 is 4.39 Å². The number of hydrogen-bond donors (Lipinski definition) is 0. The number of aromatic nitrogens is 1. The summed E-state index contributed by atoms with van der Waals surface area (Å²) < 4.78 is 65.6. The fraction of sp³-hybridized carbons (Fsp3) is 0.361. The van der Waals surface area contributed by atoms with Gasteiger partial charge in [0.25, 0.3) is 5.91 Å². The number of carbonyl (C=O) groups is 1. The van der Waals surface area contributed by atoms with Crippen LogP contribution in [0.5, 0.6) is 5.88 Å². The molecule has 12 heteroatoms. The lowest BCUT2D eigenvalue weighted by molar-refractivity contribution is -0.130. The highest BCUT2D eigenvalue weighted by Crippen LogP contribution is 2.47. The molecule has 1 amide bonds. The van der Waals surface area contributed by atoms with E-state index in [1.807, 2.05) is 4.90 Å². The number of likely N-dealkylation sites (tertiary alicyclic amines) is 1. The average Bonchev–Trinajstić information content (AvgIpc) is 3.70. The zero-order chi connectivity index (χ0) is 33.5. The molecule has 0 unspecified atom stereocenters. The first kappa shape index (κ1) is 30.9. The minimum atomic E-state index is -1.04. The van der Waals surface area contributed by atoms with Crippen LogP contribution in [0.25, 0.3) is 32.8 Å². The van der Waals surface area contributed by atoms with Gasteiger partial charge in [-0.2, -0.15) is 5.26 Å². The van der Waals surface area contributed by atoms with Crippen LogP contribution in [0.3, 0.4) is 0 Å². The Morgan fingerprint density at radius 1 is 1.12 bits per heavy atom. The van der Waals surface area contributed by atoms with Crippen molar-refractivity contribution in [2.24, 2.45) is 0 Å². The Bertz CT molecular complexity index is 2090. The minimum Gasteiger partial charge on any atom is -0.475 e. The Kier molecular flexibility index (Phi) is 7.31. The summed E-state index contributed by atoms with van der Waals surface area (Å²) in [5.74, 6) is -3.04. The van der Waals surface area contributed by atoms with E-state index in [4.69, 9.17) is 21.3 Å². The fourth-order valence-corrected chi connectivity index (χ4v) is 8.70. The van der Waals surface area contributed by atoms with Crippen molar-refractivity contribution in [3.05, 3.63) is 77.1 Å². The lowest BCUT2D eigenvalue weighted by atomic mass is 9.92. The topological polar surface area (TPSA) is 72.7 Å². The van der Waals surface area contributed by atoms with Crippen LogP contribution >= 0.6 is 11.6 Å². The molecule has 0 bridgehead atoms. The van der Waals surface area contributed by atoms with Gasteiger partial charge in [0.1, 0.15) is 36.0 Å². The van der Waals surface area contributed by atoms with E-state index in [9.17, 15) is 23.2 Å². The van der Waals surface area contributed by atoms with Gasteiger partial charge in [0.15, 0.2) is 5.83 Å². The summed E-state index contributed by atoms with van der Waals surface area (Å²) in [6.45, 7) is 4.96. The van der Waals surface area contributed by atoms with Gasteiger partial charge < -0.3 is 14.5 Å². The number of hydrogen-bond acceptors (Lipinski definition) is 6. The molecule has 0 aliphatic carbocycles. The maximum atomic E-state index is 16.3. The molecule has 4 atom stereocenters. The number of pyridine rings is 1. The maximum Gasteiger partial charge on any atom is 0.282 e. The predicted octanol–water partition coefficient (Wildman–Crippen LogP) is 7.09. The van der Waals surface area contributed by atoms with Crippen LogP contribution in [0, 0.1) is 23.0 Å². The summed E-state index contributed by atoms with van der Waals surface area (Å²) in [6.07, 6.45) is 1.52. The monoisotopic (exact) mass is 675 g/mol. The van der Waals surface area contributed by atoms with E-state index in [2.05, 4.69) is 17.5 Å². The first-order valence-corrected chi connectivity index (χ1v) is 16.4. The molecule has 1 aromatic heterocycles. The second kappa shape index (κ2) is 11.3. The molecule has 0 spiro atoms. The standard InChI is InChI=1S/C36H30ClF4N5O2/c1-19(38)35(47)45-11-8-29-30(45)17-46(29)33-24-12-27(41)23(22-5-2-4-20-6-7-26(40)32(37)31(20)22)13-28(24)43-34(25(33)15-42)48-18-36-9-3-10-44(36)16-21(39)14-36/h2,4-7,12-13,21,29-30H,1,3,8-11,14,16-18H2/t21-,29-,30-,36+/m1/s1. The highest BCUT2D eigenvalue weighted by atomic mass is 35.5. The van der Waals surface area contributed by atoms with Gasteiger partial charge in [0, 0.05) is 42.4 Å². The molecule has 8 rings (SSSR count). The lowest BCUT2D eigenvalue weighted by Crippen LogP contribution is -2.63. The van der Waals surface area contributed by atoms with E-state index in [1.54, 1.807) is 30.3 Å². The molecule has 4 saturated heterocycles. The largest absolute Gasteiger partial charge is 0.475 e. The summed E-state index contributed by atoms with van der Waals surface area (Å²) in [5, 5.41) is 11.7. The molecule has 0 N–H and O–H groups in total. The Hall–Kier alpha value is -4.40. The fourth-order valence-electron chi connectivity index (χ4n) is 8.43. The third-order valence-corrected chi connectivity index (χ3v) is 11.0. The number of amides is 1. The number of halogens is 5. The molecular formula is C36H30ClF4N5O2. The van der Waals surface area contributed by atoms with E-state index in [-0.39, 0.29) is 47.3 Å². The number of rotatable bonds is 6. The third-order valence-electron chi connectivity index (χ3n) is 10.7. The van der Waals surface area contributed by atoms with Crippen LogP contribution in [0.1, 0.15) is 31.2 Å². The number of nitrogens with zero attached hydrogens (tertiary/aromatic N) is 5. The second-order valence-corrected chi connectivity index (χ2v) is 13.6. The van der Waals surface area contributed by atoms with Gasteiger partial charge >= 0.3 is 0 Å². The molecule has 246 valence electrons. The van der Waals surface area contributed by atoms with E-state index < -0.39 is 35.1 Å². The molecule has 4 aromatic rings.